The van der Waals surface area contributed by atoms with Gasteiger partial charge in [-0.25, -0.2) is 4.98 Å². The van der Waals surface area contributed by atoms with Crippen LogP contribution in [0.3, 0.4) is 0 Å². The molecule has 7 heteroatoms. The van der Waals surface area contributed by atoms with Crippen LogP contribution in [0.1, 0.15) is 25.3 Å². The van der Waals surface area contributed by atoms with E-state index in [0.717, 1.165) is 44.1 Å². The molecule has 0 radical (unpaired) electrons. The lowest BCUT2D eigenvalue weighted by Gasteiger charge is -2.34. The molecule has 0 aliphatic carbocycles. The number of carbonyl (C=O) groups is 2. The Morgan fingerprint density at radius 1 is 1.33 bits per heavy atom. The third kappa shape index (κ3) is 4.03. The largest absolute Gasteiger partial charge is 0.354 e. The lowest BCUT2D eigenvalue weighted by atomic mass is 10.2. The Bertz CT molecular complexity index is 581. The number of hydrogen-bond acceptors (Lipinski definition) is 5. The molecule has 2 amide bonds. The van der Waals surface area contributed by atoms with Crippen LogP contribution >= 0.6 is 0 Å². The van der Waals surface area contributed by atoms with Gasteiger partial charge in [-0.15, -0.1) is 0 Å². The third-order valence-corrected chi connectivity index (χ3v) is 4.73. The number of nitrogens with one attached hydrogen (secondary N) is 2. The Morgan fingerprint density at radius 3 is 2.71 bits per heavy atom. The zero-order valence-corrected chi connectivity index (χ0v) is 14.1. The fourth-order valence-electron chi connectivity index (χ4n) is 3.12. The van der Waals surface area contributed by atoms with Crippen LogP contribution in [-0.4, -0.2) is 60.5 Å². The third-order valence-electron chi connectivity index (χ3n) is 4.73. The van der Waals surface area contributed by atoms with E-state index in [4.69, 9.17) is 0 Å². The highest BCUT2D eigenvalue weighted by Crippen LogP contribution is 2.14. The minimum absolute atomic E-state index is 0.0515. The minimum Gasteiger partial charge on any atom is -0.354 e. The number of anilines is 1. The van der Waals surface area contributed by atoms with Gasteiger partial charge >= 0.3 is 0 Å². The number of amides is 2. The second-order valence-corrected chi connectivity index (χ2v) is 6.32. The molecule has 1 aromatic rings. The molecule has 1 unspecified atom stereocenters. The summed E-state index contributed by atoms with van der Waals surface area (Å²) >= 11 is 0. The van der Waals surface area contributed by atoms with Crippen molar-refractivity contribution in [2.45, 2.75) is 32.4 Å². The number of likely N-dealkylation sites (N-methyl/N-ethyl adjacent to an activating group) is 1. The summed E-state index contributed by atoms with van der Waals surface area (Å²) in [5.74, 6) is 0.814. The Balaban J connectivity index is 1.48. The van der Waals surface area contributed by atoms with E-state index < -0.39 is 0 Å². The molecule has 0 spiro atoms. The summed E-state index contributed by atoms with van der Waals surface area (Å²) < 4.78 is 0. The van der Waals surface area contributed by atoms with Crippen LogP contribution in [0.25, 0.3) is 0 Å². The van der Waals surface area contributed by atoms with Crippen LogP contribution in [-0.2, 0) is 16.1 Å². The van der Waals surface area contributed by atoms with Crippen LogP contribution in [0.4, 0.5) is 5.82 Å². The first-order valence-corrected chi connectivity index (χ1v) is 8.65. The van der Waals surface area contributed by atoms with Crippen molar-refractivity contribution in [2.75, 3.05) is 37.6 Å². The molecule has 130 valence electrons. The lowest BCUT2D eigenvalue weighted by Crippen LogP contribution is -2.46. The van der Waals surface area contributed by atoms with Crippen molar-refractivity contribution in [1.82, 2.24) is 20.5 Å². The second-order valence-electron chi connectivity index (χ2n) is 6.32. The molecule has 1 aromatic heterocycles. The average molecular weight is 331 g/mol. The predicted octanol–water partition coefficient (Wildman–Crippen LogP) is 0.118. The van der Waals surface area contributed by atoms with Gasteiger partial charge < -0.3 is 20.4 Å². The summed E-state index contributed by atoms with van der Waals surface area (Å²) in [7, 11) is 0. The first kappa shape index (κ1) is 16.7. The highest BCUT2D eigenvalue weighted by atomic mass is 16.2. The number of aromatic nitrogens is 1. The number of carbonyl (C=O) groups excluding carboxylic acids is 2. The molecule has 24 heavy (non-hydrogen) atoms. The van der Waals surface area contributed by atoms with E-state index in [1.165, 1.54) is 0 Å². The Hall–Kier alpha value is -2.15. The molecule has 2 fully saturated rings. The summed E-state index contributed by atoms with van der Waals surface area (Å²) in [5, 5.41) is 5.53. The molecule has 2 aliphatic rings. The van der Waals surface area contributed by atoms with Crippen LogP contribution in [0, 0.1) is 0 Å². The summed E-state index contributed by atoms with van der Waals surface area (Å²) in [6.45, 7) is 7.86. The monoisotopic (exact) mass is 331 g/mol. The first-order chi connectivity index (χ1) is 11.7. The van der Waals surface area contributed by atoms with E-state index >= 15 is 0 Å². The van der Waals surface area contributed by atoms with Gasteiger partial charge in [0.05, 0.1) is 0 Å². The van der Waals surface area contributed by atoms with Crippen molar-refractivity contribution >= 4 is 17.6 Å². The number of piperazine rings is 1. The van der Waals surface area contributed by atoms with Crippen LogP contribution in [0.15, 0.2) is 18.3 Å². The van der Waals surface area contributed by atoms with Crippen molar-refractivity contribution in [1.29, 1.82) is 0 Å². The zero-order valence-electron chi connectivity index (χ0n) is 14.1. The van der Waals surface area contributed by atoms with Crippen molar-refractivity contribution in [3.8, 4) is 0 Å². The topological polar surface area (TPSA) is 77.6 Å². The number of pyridine rings is 1. The molecule has 2 N–H and O–H groups in total. The van der Waals surface area contributed by atoms with E-state index in [0.29, 0.717) is 19.4 Å². The van der Waals surface area contributed by atoms with Gasteiger partial charge in [-0.3, -0.25) is 9.59 Å². The maximum atomic E-state index is 12.0. The Morgan fingerprint density at radius 2 is 2.12 bits per heavy atom. The van der Waals surface area contributed by atoms with Crippen LogP contribution in [0.5, 0.6) is 0 Å². The molecular formula is C17H25N5O2. The van der Waals surface area contributed by atoms with Gasteiger partial charge in [0.15, 0.2) is 0 Å². The second kappa shape index (κ2) is 7.61. The normalized spacial score (nSPS) is 21.6. The highest BCUT2D eigenvalue weighted by Gasteiger charge is 2.26. The Labute approximate surface area is 142 Å². The van der Waals surface area contributed by atoms with E-state index in [1.807, 2.05) is 18.3 Å². The predicted molar refractivity (Wildman–Crippen MR) is 91.6 cm³/mol. The molecule has 2 aliphatic heterocycles. The van der Waals surface area contributed by atoms with Crippen molar-refractivity contribution in [2.24, 2.45) is 0 Å². The molecule has 0 bridgehead atoms. The van der Waals surface area contributed by atoms with Gasteiger partial charge in [-0.1, -0.05) is 13.0 Å². The molecule has 0 aromatic carbocycles. The van der Waals surface area contributed by atoms with Crippen LogP contribution < -0.4 is 15.5 Å². The molecule has 3 heterocycles. The van der Waals surface area contributed by atoms with Gasteiger partial charge in [-0.05, 0) is 24.6 Å². The number of hydrogen-bond donors (Lipinski definition) is 2. The zero-order chi connectivity index (χ0) is 16.9. The van der Waals surface area contributed by atoms with Gasteiger partial charge in [0, 0.05) is 45.3 Å². The maximum Gasteiger partial charge on any atom is 0.242 e. The first-order valence-electron chi connectivity index (χ1n) is 8.65. The molecule has 1 atom stereocenters. The summed E-state index contributed by atoms with van der Waals surface area (Å²) in [6, 6.07) is 3.63. The summed E-state index contributed by atoms with van der Waals surface area (Å²) in [4.78, 5) is 32.4. The molecule has 3 rings (SSSR count). The fraction of sp³-hybridized carbons (Fsp3) is 0.588. The van der Waals surface area contributed by atoms with Gasteiger partial charge in [0.2, 0.25) is 11.8 Å². The quantitative estimate of drug-likeness (QED) is 0.801. The van der Waals surface area contributed by atoms with Gasteiger partial charge in [0.25, 0.3) is 0 Å². The highest BCUT2D eigenvalue weighted by molar-refractivity contribution is 5.90. The fourth-order valence-corrected chi connectivity index (χ4v) is 3.12. The van der Waals surface area contributed by atoms with Crippen molar-refractivity contribution in [3.63, 3.8) is 0 Å². The average Bonchev–Trinajstić information content (AvgIpc) is 3.07. The minimum atomic E-state index is -0.389. The Kier molecular flexibility index (Phi) is 5.30. The van der Waals surface area contributed by atoms with Crippen molar-refractivity contribution in [3.05, 3.63) is 23.9 Å². The van der Waals surface area contributed by atoms with E-state index in [9.17, 15) is 9.59 Å². The molecule has 2 saturated heterocycles. The summed E-state index contributed by atoms with van der Waals surface area (Å²) in [6.07, 6.45) is 2.82. The SMILES string of the molecule is CCN1CCN(c2ccc(CNC(=O)C3CCC(=O)N3)cn2)CC1. The maximum absolute atomic E-state index is 12.0. The molecule has 0 saturated carbocycles. The van der Waals surface area contributed by atoms with Gasteiger partial charge in [-0.2, -0.15) is 0 Å². The number of nitrogens with zero attached hydrogens (tertiary/aromatic N) is 3. The van der Waals surface area contributed by atoms with E-state index in [-0.39, 0.29) is 17.9 Å². The molecule has 7 nitrogen and oxygen atoms in total. The number of rotatable bonds is 5. The van der Waals surface area contributed by atoms with E-state index in [2.05, 4.69) is 32.3 Å². The standard InChI is InChI=1S/C17H25N5O2/c1-2-21-7-9-22(10-8-21)15-5-3-13(11-18-15)12-19-17(24)14-4-6-16(23)20-14/h3,5,11,14H,2,4,6-10,12H2,1H3,(H,19,24)(H,20,23). The van der Waals surface area contributed by atoms with Gasteiger partial charge in [0.1, 0.15) is 11.9 Å². The van der Waals surface area contributed by atoms with Crippen LogP contribution in [0.2, 0.25) is 0 Å². The molecular weight excluding hydrogens is 306 g/mol. The lowest BCUT2D eigenvalue weighted by molar-refractivity contribution is -0.125. The van der Waals surface area contributed by atoms with Crippen molar-refractivity contribution < 1.29 is 9.59 Å². The smallest absolute Gasteiger partial charge is 0.242 e. The summed E-state index contributed by atoms with van der Waals surface area (Å²) in [5.41, 5.74) is 0.962. The van der Waals surface area contributed by atoms with E-state index in [1.54, 1.807) is 0 Å².